The summed E-state index contributed by atoms with van der Waals surface area (Å²) in [5.74, 6) is 2.66. The van der Waals surface area contributed by atoms with Crippen LogP contribution >= 0.6 is 0 Å². The molecular weight excluding hydrogens is 264 g/mol. The summed E-state index contributed by atoms with van der Waals surface area (Å²) < 4.78 is 32.1. The molecule has 0 fully saturated rings. The Kier molecular flexibility index (Phi) is 5.21. The highest BCUT2D eigenvalue weighted by molar-refractivity contribution is 7.89. The average molecular weight is 282 g/mol. The van der Waals surface area contributed by atoms with Crippen molar-refractivity contribution in [2.75, 3.05) is 12.8 Å². The van der Waals surface area contributed by atoms with E-state index in [9.17, 15) is 8.42 Å². The SMILES string of the molecule is C#CCC(CC)NS(=O)(=O)c1ccc(N)cc1OC. The molecule has 1 aromatic rings. The fourth-order valence-corrected chi connectivity index (χ4v) is 3.07. The molecule has 1 aromatic carbocycles. The van der Waals surface area contributed by atoms with E-state index in [1.807, 2.05) is 6.92 Å². The van der Waals surface area contributed by atoms with E-state index in [1.165, 1.54) is 25.3 Å². The largest absolute Gasteiger partial charge is 0.495 e. The van der Waals surface area contributed by atoms with Gasteiger partial charge < -0.3 is 10.5 Å². The fourth-order valence-electron chi connectivity index (χ4n) is 1.60. The highest BCUT2D eigenvalue weighted by Gasteiger charge is 2.22. The van der Waals surface area contributed by atoms with Crippen LogP contribution < -0.4 is 15.2 Å². The zero-order valence-electron chi connectivity index (χ0n) is 11.0. The van der Waals surface area contributed by atoms with Gasteiger partial charge in [0.05, 0.1) is 7.11 Å². The van der Waals surface area contributed by atoms with Gasteiger partial charge in [-0.15, -0.1) is 12.3 Å². The first-order valence-electron chi connectivity index (χ1n) is 5.84. The number of sulfonamides is 1. The second-order valence-corrected chi connectivity index (χ2v) is 5.73. The van der Waals surface area contributed by atoms with Crippen LogP contribution in [0.25, 0.3) is 0 Å². The molecule has 0 aliphatic carbocycles. The van der Waals surface area contributed by atoms with Crippen LogP contribution in [-0.4, -0.2) is 21.6 Å². The standard InChI is InChI=1S/C13H18N2O3S/c1-4-6-11(5-2)15-19(16,17)13-8-7-10(14)9-12(13)18-3/h1,7-9,11,15H,5-6,14H2,2-3H3. The van der Waals surface area contributed by atoms with Crippen LogP contribution in [0.15, 0.2) is 23.1 Å². The summed E-state index contributed by atoms with van der Waals surface area (Å²) >= 11 is 0. The summed E-state index contributed by atoms with van der Waals surface area (Å²) in [5.41, 5.74) is 6.04. The minimum Gasteiger partial charge on any atom is -0.495 e. The lowest BCUT2D eigenvalue weighted by molar-refractivity contribution is 0.402. The van der Waals surface area contributed by atoms with Crippen molar-refractivity contribution in [1.82, 2.24) is 4.72 Å². The Labute approximate surface area is 114 Å². The van der Waals surface area contributed by atoms with Crippen molar-refractivity contribution >= 4 is 15.7 Å². The van der Waals surface area contributed by atoms with Gasteiger partial charge in [-0.3, -0.25) is 0 Å². The number of methoxy groups -OCH3 is 1. The minimum atomic E-state index is -3.68. The van der Waals surface area contributed by atoms with Gasteiger partial charge in [0.1, 0.15) is 10.6 Å². The molecule has 0 bridgehead atoms. The normalized spacial score (nSPS) is 12.7. The van der Waals surface area contributed by atoms with Crippen LogP contribution in [0.1, 0.15) is 19.8 Å². The molecule has 6 heteroatoms. The third-order valence-corrected chi connectivity index (χ3v) is 4.22. The third kappa shape index (κ3) is 3.88. The summed E-state index contributed by atoms with van der Waals surface area (Å²) in [5, 5.41) is 0. The van der Waals surface area contributed by atoms with Crippen LogP contribution in [0.5, 0.6) is 5.75 Å². The van der Waals surface area contributed by atoms with Crippen LogP contribution in [0.4, 0.5) is 5.69 Å². The Hall–Kier alpha value is -1.71. The van der Waals surface area contributed by atoms with Gasteiger partial charge in [0.25, 0.3) is 0 Å². The number of hydrogen-bond acceptors (Lipinski definition) is 4. The molecule has 0 aliphatic rings. The second kappa shape index (κ2) is 6.45. The van der Waals surface area contributed by atoms with E-state index in [2.05, 4.69) is 10.6 Å². The predicted molar refractivity (Wildman–Crippen MR) is 75.3 cm³/mol. The molecule has 5 nitrogen and oxygen atoms in total. The summed E-state index contributed by atoms with van der Waals surface area (Å²) in [7, 11) is -2.28. The van der Waals surface area contributed by atoms with Crippen molar-refractivity contribution in [3.05, 3.63) is 18.2 Å². The van der Waals surface area contributed by atoms with E-state index >= 15 is 0 Å². The Morgan fingerprint density at radius 3 is 2.74 bits per heavy atom. The zero-order valence-corrected chi connectivity index (χ0v) is 11.8. The topological polar surface area (TPSA) is 81.4 Å². The van der Waals surface area contributed by atoms with Crippen molar-refractivity contribution < 1.29 is 13.2 Å². The van der Waals surface area contributed by atoms with E-state index in [0.717, 1.165) is 0 Å². The molecule has 1 atom stereocenters. The first-order chi connectivity index (χ1) is 8.94. The van der Waals surface area contributed by atoms with Crippen molar-refractivity contribution in [1.29, 1.82) is 0 Å². The van der Waals surface area contributed by atoms with Crippen molar-refractivity contribution in [3.8, 4) is 18.1 Å². The number of rotatable bonds is 6. The third-order valence-electron chi connectivity index (χ3n) is 2.66. The second-order valence-electron chi connectivity index (χ2n) is 4.05. The van der Waals surface area contributed by atoms with Crippen molar-refractivity contribution in [2.45, 2.75) is 30.7 Å². The molecule has 1 unspecified atom stereocenters. The first kappa shape index (κ1) is 15.3. The van der Waals surface area contributed by atoms with Gasteiger partial charge in [-0.05, 0) is 18.6 Å². The molecule has 0 aromatic heterocycles. The fraction of sp³-hybridized carbons (Fsp3) is 0.385. The van der Waals surface area contributed by atoms with Crippen molar-refractivity contribution in [2.24, 2.45) is 0 Å². The van der Waals surface area contributed by atoms with E-state index < -0.39 is 10.0 Å². The van der Waals surface area contributed by atoms with E-state index in [1.54, 1.807) is 0 Å². The van der Waals surface area contributed by atoms with E-state index in [-0.39, 0.29) is 16.7 Å². The Bertz CT molecular complexity index is 576. The molecule has 0 saturated carbocycles. The highest BCUT2D eigenvalue weighted by atomic mass is 32.2. The van der Waals surface area contributed by atoms with E-state index in [4.69, 9.17) is 16.9 Å². The maximum absolute atomic E-state index is 12.3. The quantitative estimate of drug-likeness (QED) is 0.609. The number of terminal acetylenes is 1. The van der Waals surface area contributed by atoms with E-state index in [0.29, 0.717) is 18.5 Å². The van der Waals surface area contributed by atoms with Gasteiger partial charge >= 0.3 is 0 Å². The molecular formula is C13H18N2O3S. The zero-order chi connectivity index (χ0) is 14.5. The van der Waals surface area contributed by atoms with Gasteiger partial charge in [0, 0.05) is 24.2 Å². The van der Waals surface area contributed by atoms with Crippen LogP contribution in [0.3, 0.4) is 0 Å². The summed E-state index contributed by atoms with van der Waals surface area (Å²) in [4.78, 5) is 0.0553. The van der Waals surface area contributed by atoms with Gasteiger partial charge in [0.15, 0.2) is 0 Å². The lowest BCUT2D eigenvalue weighted by Crippen LogP contribution is -2.34. The molecule has 3 N–H and O–H groups in total. The van der Waals surface area contributed by atoms with Gasteiger partial charge in [-0.2, -0.15) is 0 Å². The number of benzene rings is 1. The number of nitrogen functional groups attached to an aromatic ring is 1. The van der Waals surface area contributed by atoms with Gasteiger partial charge in [-0.1, -0.05) is 6.92 Å². The van der Waals surface area contributed by atoms with Gasteiger partial charge in [0.2, 0.25) is 10.0 Å². The number of nitrogens with one attached hydrogen (secondary N) is 1. The predicted octanol–water partition coefficient (Wildman–Crippen LogP) is 1.36. The molecule has 0 amide bonds. The maximum atomic E-state index is 12.3. The van der Waals surface area contributed by atoms with Crippen LogP contribution in [0, 0.1) is 12.3 Å². The molecule has 19 heavy (non-hydrogen) atoms. The van der Waals surface area contributed by atoms with Gasteiger partial charge in [-0.25, -0.2) is 13.1 Å². The molecule has 104 valence electrons. The molecule has 0 aliphatic heterocycles. The Balaban J connectivity index is 3.10. The Morgan fingerprint density at radius 1 is 1.53 bits per heavy atom. The molecule has 0 radical (unpaired) electrons. The number of hydrogen-bond donors (Lipinski definition) is 2. The van der Waals surface area contributed by atoms with Crippen molar-refractivity contribution in [3.63, 3.8) is 0 Å². The average Bonchev–Trinajstić information content (AvgIpc) is 2.37. The highest BCUT2D eigenvalue weighted by Crippen LogP contribution is 2.26. The summed E-state index contributed by atoms with van der Waals surface area (Å²) in [6, 6.07) is 4.10. The van der Waals surface area contributed by atoms with Crippen LogP contribution in [-0.2, 0) is 10.0 Å². The minimum absolute atomic E-state index is 0.0553. The smallest absolute Gasteiger partial charge is 0.244 e. The molecule has 1 rings (SSSR count). The maximum Gasteiger partial charge on any atom is 0.244 e. The molecule has 0 heterocycles. The number of anilines is 1. The molecule has 0 spiro atoms. The lowest BCUT2D eigenvalue weighted by atomic mass is 10.2. The van der Waals surface area contributed by atoms with Crippen LogP contribution in [0.2, 0.25) is 0 Å². The number of ether oxygens (including phenoxy) is 1. The summed E-state index contributed by atoms with van der Waals surface area (Å²) in [6.07, 6.45) is 6.16. The number of nitrogens with two attached hydrogens (primary N) is 1. The molecule has 0 saturated heterocycles. The first-order valence-corrected chi connectivity index (χ1v) is 7.32. The summed E-state index contributed by atoms with van der Waals surface area (Å²) in [6.45, 7) is 1.87. The monoisotopic (exact) mass is 282 g/mol. The Morgan fingerprint density at radius 2 is 2.21 bits per heavy atom. The lowest BCUT2D eigenvalue weighted by Gasteiger charge is -2.16.